The third-order valence-corrected chi connectivity index (χ3v) is 3.96. The SMILES string of the molecule is CCCC1NC(c2ccccc2)C(=O)N1C(C)CC. The van der Waals surface area contributed by atoms with Crippen LogP contribution in [0.15, 0.2) is 30.3 Å². The van der Waals surface area contributed by atoms with Gasteiger partial charge in [0, 0.05) is 6.04 Å². The fourth-order valence-corrected chi connectivity index (χ4v) is 2.75. The topological polar surface area (TPSA) is 32.3 Å². The van der Waals surface area contributed by atoms with Crippen LogP contribution >= 0.6 is 0 Å². The molecule has 0 aliphatic carbocycles. The Morgan fingerprint density at radius 3 is 2.53 bits per heavy atom. The minimum Gasteiger partial charge on any atom is -0.323 e. The van der Waals surface area contributed by atoms with Crippen LogP contribution < -0.4 is 5.32 Å². The summed E-state index contributed by atoms with van der Waals surface area (Å²) >= 11 is 0. The van der Waals surface area contributed by atoms with Crippen molar-refractivity contribution >= 4 is 5.91 Å². The van der Waals surface area contributed by atoms with Crippen LogP contribution in [0.5, 0.6) is 0 Å². The van der Waals surface area contributed by atoms with E-state index in [-0.39, 0.29) is 18.1 Å². The Hall–Kier alpha value is -1.35. The molecular formula is C16H24N2O. The highest BCUT2D eigenvalue weighted by atomic mass is 16.2. The summed E-state index contributed by atoms with van der Waals surface area (Å²) in [4.78, 5) is 14.7. The van der Waals surface area contributed by atoms with Crippen molar-refractivity contribution in [2.75, 3.05) is 0 Å². The predicted molar refractivity (Wildman–Crippen MR) is 77.6 cm³/mol. The van der Waals surface area contributed by atoms with Crippen molar-refractivity contribution < 1.29 is 4.79 Å². The first-order valence-corrected chi connectivity index (χ1v) is 7.32. The maximum atomic E-state index is 12.7. The van der Waals surface area contributed by atoms with E-state index in [2.05, 4.69) is 26.1 Å². The zero-order chi connectivity index (χ0) is 13.8. The second kappa shape index (κ2) is 6.20. The summed E-state index contributed by atoms with van der Waals surface area (Å²) in [5.41, 5.74) is 1.07. The van der Waals surface area contributed by atoms with Crippen molar-refractivity contribution in [3.05, 3.63) is 35.9 Å². The number of benzene rings is 1. The molecule has 1 aliphatic heterocycles. The fourth-order valence-electron chi connectivity index (χ4n) is 2.75. The highest BCUT2D eigenvalue weighted by Crippen LogP contribution is 2.28. The summed E-state index contributed by atoms with van der Waals surface area (Å²) in [5.74, 6) is 0.221. The number of carbonyl (C=O) groups is 1. The van der Waals surface area contributed by atoms with Crippen LogP contribution in [0.4, 0.5) is 0 Å². The van der Waals surface area contributed by atoms with Gasteiger partial charge in [0.25, 0.3) is 0 Å². The molecule has 1 amide bonds. The first-order chi connectivity index (χ1) is 9.19. The maximum Gasteiger partial charge on any atom is 0.245 e. The lowest BCUT2D eigenvalue weighted by atomic mass is 10.1. The van der Waals surface area contributed by atoms with E-state index in [1.54, 1.807) is 0 Å². The number of amides is 1. The van der Waals surface area contributed by atoms with Gasteiger partial charge in [0.05, 0.1) is 6.17 Å². The van der Waals surface area contributed by atoms with E-state index in [4.69, 9.17) is 0 Å². The minimum atomic E-state index is -0.174. The molecular weight excluding hydrogens is 236 g/mol. The van der Waals surface area contributed by atoms with E-state index < -0.39 is 0 Å². The van der Waals surface area contributed by atoms with E-state index in [9.17, 15) is 4.79 Å². The van der Waals surface area contributed by atoms with Gasteiger partial charge in [-0.1, -0.05) is 50.6 Å². The van der Waals surface area contributed by atoms with Gasteiger partial charge in [-0.05, 0) is 25.3 Å². The average Bonchev–Trinajstić information content (AvgIpc) is 2.76. The van der Waals surface area contributed by atoms with Gasteiger partial charge in [0.1, 0.15) is 6.04 Å². The van der Waals surface area contributed by atoms with Gasteiger partial charge in [-0.3, -0.25) is 10.1 Å². The maximum absolute atomic E-state index is 12.7. The standard InChI is InChI=1S/C16H24N2O/c1-4-9-14-17-15(13-10-7-6-8-11-13)16(19)18(14)12(3)5-2/h6-8,10-12,14-15,17H,4-5,9H2,1-3H3. The van der Waals surface area contributed by atoms with Gasteiger partial charge in [0.2, 0.25) is 5.91 Å². The number of hydrogen-bond donors (Lipinski definition) is 1. The second-order valence-electron chi connectivity index (χ2n) is 5.32. The molecule has 0 aromatic heterocycles. The number of nitrogens with zero attached hydrogens (tertiary/aromatic N) is 1. The second-order valence-corrected chi connectivity index (χ2v) is 5.32. The number of hydrogen-bond acceptors (Lipinski definition) is 2. The van der Waals surface area contributed by atoms with Crippen LogP contribution in [-0.2, 0) is 4.79 Å². The van der Waals surface area contributed by atoms with Crippen LogP contribution in [0, 0.1) is 0 Å². The molecule has 0 saturated carbocycles. The molecule has 2 rings (SSSR count). The van der Waals surface area contributed by atoms with Gasteiger partial charge in [-0.15, -0.1) is 0 Å². The highest BCUT2D eigenvalue weighted by Gasteiger charge is 2.40. The molecule has 19 heavy (non-hydrogen) atoms. The Bertz CT molecular complexity index is 418. The monoisotopic (exact) mass is 260 g/mol. The van der Waals surface area contributed by atoms with E-state index in [1.807, 2.05) is 35.2 Å². The molecule has 0 bridgehead atoms. The molecule has 1 fully saturated rings. The lowest BCUT2D eigenvalue weighted by Gasteiger charge is -2.29. The largest absolute Gasteiger partial charge is 0.323 e. The molecule has 3 atom stereocenters. The zero-order valence-corrected chi connectivity index (χ0v) is 12.1. The van der Waals surface area contributed by atoms with Gasteiger partial charge < -0.3 is 4.90 Å². The summed E-state index contributed by atoms with van der Waals surface area (Å²) in [6.45, 7) is 6.43. The molecule has 104 valence electrons. The van der Waals surface area contributed by atoms with Crippen LogP contribution in [0.2, 0.25) is 0 Å². The summed E-state index contributed by atoms with van der Waals surface area (Å²) in [5, 5.41) is 3.50. The van der Waals surface area contributed by atoms with E-state index in [0.29, 0.717) is 6.04 Å². The molecule has 0 spiro atoms. The minimum absolute atomic E-state index is 0.174. The van der Waals surface area contributed by atoms with Gasteiger partial charge in [-0.2, -0.15) is 0 Å². The Kier molecular flexibility index (Phi) is 4.59. The predicted octanol–water partition coefficient (Wildman–Crippen LogP) is 3.08. The Morgan fingerprint density at radius 2 is 1.95 bits per heavy atom. The fraction of sp³-hybridized carbons (Fsp3) is 0.562. The lowest BCUT2D eigenvalue weighted by molar-refractivity contribution is -0.132. The molecule has 1 aliphatic rings. The zero-order valence-electron chi connectivity index (χ0n) is 12.1. The van der Waals surface area contributed by atoms with Crippen molar-refractivity contribution in [2.45, 2.75) is 58.3 Å². The molecule has 3 unspecified atom stereocenters. The number of nitrogens with one attached hydrogen (secondary N) is 1. The van der Waals surface area contributed by atoms with Crippen LogP contribution in [0.3, 0.4) is 0 Å². The Morgan fingerprint density at radius 1 is 1.26 bits per heavy atom. The molecule has 1 aromatic rings. The van der Waals surface area contributed by atoms with Crippen molar-refractivity contribution in [3.8, 4) is 0 Å². The molecule has 0 radical (unpaired) electrons. The van der Waals surface area contributed by atoms with Crippen molar-refractivity contribution in [1.29, 1.82) is 0 Å². The van der Waals surface area contributed by atoms with E-state index >= 15 is 0 Å². The molecule has 3 heteroatoms. The quantitative estimate of drug-likeness (QED) is 0.882. The highest BCUT2D eigenvalue weighted by molar-refractivity contribution is 5.86. The van der Waals surface area contributed by atoms with Crippen LogP contribution in [0.1, 0.15) is 51.6 Å². The Labute approximate surface area is 116 Å². The number of rotatable bonds is 5. The van der Waals surface area contributed by atoms with Crippen LogP contribution in [0.25, 0.3) is 0 Å². The first kappa shape index (κ1) is 14.1. The molecule has 1 heterocycles. The third-order valence-electron chi connectivity index (χ3n) is 3.96. The normalized spacial score (nSPS) is 24.8. The summed E-state index contributed by atoms with van der Waals surface area (Å²) < 4.78 is 0. The smallest absolute Gasteiger partial charge is 0.245 e. The molecule has 1 saturated heterocycles. The lowest BCUT2D eigenvalue weighted by Crippen LogP contribution is -2.42. The Balaban J connectivity index is 2.23. The molecule has 3 nitrogen and oxygen atoms in total. The average molecular weight is 260 g/mol. The van der Waals surface area contributed by atoms with Gasteiger partial charge in [0.15, 0.2) is 0 Å². The first-order valence-electron chi connectivity index (χ1n) is 7.32. The van der Waals surface area contributed by atoms with Gasteiger partial charge in [-0.25, -0.2) is 0 Å². The van der Waals surface area contributed by atoms with E-state index in [0.717, 1.165) is 24.8 Å². The number of carbonyl (C=O) groups excluding carboxylic acids is 1. The van der Waals surface area contributed by atoms with Gasteiger partial charge >= 0.3 is 0 Å². The molecule has 1 N–H and O–H groups in total. The molecule has 1 aromatic carbocycles. The van der Waals surface area contributed by atoms with E-state index in [1.165, 1.54) is 0 Å². The van der Waals surface area contributed by atoms with Crippen LogP contribution in [-0.4, -0.2) is 23.0 Å². The summed E-state index contributed by atoms with van der Waals surface area (Å²) in [6.07, 6.45) is 3.27. The third kappa shape index (κ3) is 2.81. The summed E-state index contributed by atoms with van der Waals surface area (Å²) in [7, 11) is 0. The van der Waals surface area contributed by atoms with Crippen molar-refractivity contribution in [3.63, 3.8) is 0 Å². The van der Waals surface area contributed by atoms with Crippen molar-refractivity contribution in [1.82, 2.24) is 10.2 Å². The van der Waals surface area contributed by atoms with Crippen molar-refractivity contribution in [2.24, 2.45) is 0 Å². The summed E-state index contributed by atoms with van der Waals surface area (Å²) in [6, 6.07) is 10.1.